The molecule has 1 aliphatic heterocycles. The molecule has 0 saturated carbocycles. The highest BCUT2D eigenvalue weighted by atomic mass is 16.5. The smallest absolute Gasteiger partial charge is 0.150 e. The molecule has 1 unspecified atom stereocenters. The van der Waals surface area contributed by atoms with E-state index in [2.05, 4.69) is 15.3 Å². The van der Waals surface area contributed by atoms with Crippen LogP contribution in [0, 0.1) is 0 Å². The largest absolute Gasteiger partial charge is 0.388 e. The van der Waals surface area contributed by atoms with Gasteiger partial charge in [0.2, 0.25) is 0 Å². The average Bonchev–Trinajstić information content (AvgIpc) is 2.85. The van der Waals surface area contributed by atoms with Gasteiger partial charge in [-0.25, -0.2) is 9.97 Å². The molecule has 142 valence electrons. The summed E-state index contributed by atoms with van der Waals surface area (Å²) in [5, 5.41) is 23.6. The summed E-state index contributed by atoms with van der Waals surface area (Å²) in [6.45, 7) is 3.13. The van der Waals surface area contributed by atoms with E-state index in [0.717, 1.165) is 0 Å². The second-order valence-electron chi connectivity index (χ2n) is 6.38. The van der Waals surface area contributed by atoms with Crippen LogP contribution in [0.25, 0.3) is 0 Å². The Morgan fingerprint density at radius 2 is 1.96 bits per heavy atom. The van der Waals surface area contributed by atoms with Crippen molar-refractivity contribution in [3.8, 4) is 0 Å². The highest BCUT2D eigenvalue weighted by Crippen LogP contribution is 2.28. The van der Waals surface area contributed by atoms with Crippen LogP contribution in [0.1, 0.15) is 12.6 Å². The number of ether oxygens (including phenoxy) is 1. The maximum absolute atomic E-state index is 10.4. The Labute approximate surface area is 147 Å². The van der Waals surface area contributed by atoms with Crippen LogP contribution in [-0.2, 0) is 11.2 Å². The number of aliphatic hydroxyl groups excluding tert-OH is 2. The van der Waals surface area contributed by atoms with E-state index in [4.69, 9.17) is 21.9 Å². The maximum atomic E-state index is 10.4. The zero-order valence-corrected chi connectivity index (χ0v) is 14.7. The van der Waals surface area contributed by atoms with Crippen LogP contribution in [0.2, 0.25) is 0 Å². The molecule has 25 heavy (non-hydrogen) atoms. The fourth-order valence-corrected chi connectivity index (χ4v) is 2.87. The van der Waals surface area contributed by atoms with Gasteiger partial charge in [0.25, 0.3) is 0 Å². The van der Waals surface area contributed by atoms with Crippen LogP contribution in [0.15, 0.2) is 6.33 Å². The van der Waals surface area contributed by atoms with Gasteiger partial charge in [-0.1, -0.05) is 0 Å². The number of nitrogens with one attached hydrogen (secondary N) is 1. The number of likely N-dealkylation sites (N-methyl/N-ethyl adjacent to an activating group) is 1. The summed E-state index contributed by atoms with van der Waals surface area (Å²) in [4.78, 5) is 10.1. The highest BCUT2D eigenvalue weighted by molar-refractivity contribution is 5.64. The van der Waals surface area contributed by atoms with Gasteiger partial charge in [0.15, 0.2) is 5.82 Å². The molecule has 0 aromatic carbocycles. The molecule has 0 amide bonds. The first-order valence-corrected chi connectivity index (χ1v) is 8.34. The van der Waals surface area contributed by atoms with Gasteiger partial charge in [0.1, 0.15) is 18.5 Å². The van der Waals surface area contributed by atoms with Crippen LogP contribution < -0.4 is 22.5 Å². The van der Waals surface area contributed by atoms with Gasteiger partial charge in [0.05, 0.1) is 30.3 Å². The van der Waals surface area contributed by atoms with Crippen LogP contribution in [0.3, 0.4) is 0 Å². The van der Waals surface area contributed by atoms with Gasteiger partial charge < -0.3 is 37.5 Å². The van der Waals surface area contributed by atoms with E-state index in [9.17, 15) is 10.2 Å². The van der Waals surface area contributed by atoms with Crippen molar-refractivity contribution >= 4 is 11.5 Å². The standard InChI is InChI=1S/C15H29N7O3/c1-8(4-16)22(2)5-11-14(24)13(23)10(25-11)3-9-12(19-6-17)15(18)21-7-20-9/h7-8,10-11,13-14,19,23-24H,3-6,16-17H2,1-2H3,(H2,18,20,21)/t8?,10-,11+,13-,14+/m0/s1. The molecule has 1 aliphatic rings. The lowest BCUT2D eigenvalue weighted by molar-refractivity contribution is -0.0114. The SMILES string of the molecule is CC(CN)N(C)C[C@H]1O[C@@H](Cc2ncnc(N)c2NCN)[C@H](O)[C@@H]1O. The Bertz CT molecular complexity index is 562. The molecule has 1 aromatic heterocycles. The normalized spacial score (nSPS) is 27.6. The quantitative estimate of drug-likeness (QED) is 0.279. The first kappa shape index (κ1) is 19.8. The summed E-state index contributed by atoms with van der Waals surface area (Å²) in [6, 6.07) is 0.147. The first-order chi connectivity index (χ1) is 11.9. The minimum atomic E-state index is -1.02. The predicted octanol–water partition coefficient (Wildman–Crippen LogP) is -2.30. The highest BCUT2D eigenvalue weighted by Gasteiger charge is 2.43. The van der Waals surface area contributed by atoms with Crippen LogP contribution in [-0.4, -0.2) is 82.3 Å². The fraction of sp³-hybridized carbons (Fsp3) is 0.733. The van der Waals surface area contributed by atoms with Gasteiger partial charge in [-0.2, -0.15) is 0 Å². The second kappa shape index (κ2) is 8.70. The summed E-state index contributed by atoms with van der Waals surface area (Å²) in [7, 11) is 1.90. The van der Waals surface area contributed by atoms with E-state index in [1.54, 1.807) is 0 Å². The number of nitrogen functional groups attached to an aromatic ring is 1. The van der Waals surface area contributed by atoms with Crippen molar-refractivity contribution in [1.29, 1.82) is 0 Å². The van der Waals surface area contributed by atoms with Crippen molar-refractivity contribution in [3.63, 3.8) is 0 Å². The Kier molecular flexibility index (Phi) is 6.87. The molecule has 9 N–H and O–H groups in total. The van der Waals surface area contributed by atoms with Crippen molar-refractivity contribution in [3.05, 3.63) is 12.0 Å². The van der Waals surface area contributed by atoms with E-state index < -0.39 is 24.4 Å². The third-order valence-corrected chi connectivity index (χ3v) is 4.65. The van der Waals surface area contributed by atoms with Crippen molar-refractivity contribution < 1.29 is 14.9 Å². The summed E-state index contributed by atoms with van der Waals surface area (Å²) in [5.74, 6) is 0.275. The fourth-order valence-electron chi connectivity index (χ4n) is 2.87. The number of nitrogens with zero attached hydrogens (tertiary/aromatic N) is 3. The molecular formula is C15H29N7O3. The lowest BCUT2D eigenvalue weighted by atomic mass is 10.0. The lowest BCUT2D eigenvalue weighted by Crippen LogP contribution is -2.44. The van der Waals surface area contributed by atoms with Crippen LogP contribution in [0.5, 0.6) is 0 Å². The molecule has 10 nitrogen and oxygen atoms in total. The molecular weight excluding hydrogens is 326 g/mol. The molecule has 0 bridgehead atoms. The number of nitrogens with two attached hydrogens (primary N) is 3. The van der Waals surface area contributed by atoms with Crippen LogP contribution >= 0.6 is 0 Å². The number of anilines is 2. The number of aromatic nitrogens is 2. The third kappa shape index (κ3) is 4.54. The first-order valence-electron chi connectivity index (χ1n) is 8.34. The zero-order chi connectivity index (χ0) is 18.6. The molecule has 0 spiro atoms. The van der Waals surface area contributed by atoms with Gasteiger partial charge >= 0.3 is 0 Å². The van der Waals surface area contributed by atoms with E-state index in [1.807, 2.05) is 18.9 Å². The Morgan fingerprint density at radius 3 is 2.60 bits per heavy atom. The van der Waals surface area contributed by atoms with Gasteiger partial charge in [-0.05, 0) is 14.0 Å². The van der Waals surface area contributed by atoms with Gasteiger partial charge in [-0.15, -0.1) is 0 Å². The zero-order valence-electron chi connectivity index (χ0n) is 14.7. The number of aliphatic hydroxyl groups is 2. The van der Waals surface area contributed by atoms with Crippen LogP contribution in [0.4, 0.5) is 11.5 Å². The summed E-state index contributed by atoms with van der Waals surface area (Å²) in [6.07, 6.45) is -1.49. The Balaban J connectivity index is 2.08. The van der Waals surface area contributed by atoms with E-state index in [0.29, 0.717) is 24.5 Å². The van der Waals surface area contributed by atoms with Crippen molar-refractivity contribution in [2.45, 2.75) is 43.8 Å². The summed E-state index contributed by atoms with van der Waals surface area (Å²) < 4.78 is 5.89. The molecule has 2 rings (SSSR count). The van der Waals surface area contributed by atoms with Gasteiger partial charge in [-0.3, -0.25) is 4.90 Å². The minimum Gasteiger partial charge on any atom is -0.388 e. The molecule has 1 fully saturated rings. The van der Waals surface area contributed by atoms with Crippen molar-refractivity contribution in [2.24, 2.45) is 11.5 Å². The summed E-state index contributed by atoms with van der Waals surface area (Å²) >= 11 is 0. The summed E-state index contributed by atoms with van der Waals surface area (Å²) in [5.41, 5.74) is 18.1. The molecule has 1 aromatic rings. The predicted molar refractivity (Wildman–Crippen MR) is 94.6 cm³/mol. The molecule has 0 radical (unpaired) electrons. The van der Waals surface area contributed by atoms with E-state index in [1.165, 1.54) is 6.33 Å². The molecule has 1 saturated heterocycles. The van der Waals surface area contributed by atoms with Gasteiger partial charge in [0, 0.05) is 25.6 Å². The Hall–Kier alpha value is -1.56. The monoisotopic (exact) mass is 355 g/mol. The minimum absolute atomic E-state index is 0.147. The lowest BCUT2D eigenvalue weighted by Gasteiger charge is -2.27. The maximum Gasteiger partial charge on any atom is 0.150 e. The number of rotatable bonds is 8. The third-order valence-electron chi connectivity index (χ3n) is 4.65. The van der Waals surface area contributed by atoms with Crippen molar-refractivity contribution in [2.75, 3.05) is 37.9 Å². The number of hydrogen-bond acceptors (Lipinski definition) is 10. The molecule has 10 heteroatoms. The average molecular weight is 355 g/mol. The molecule has 2 heterocycles. The topological polar surface area (TPSA) is 169 Å². The molecule has 5 atom stereocenters. The Morgan fingerprint density at radius 1 is 1.28 bits per heavy atom. The second-order valence-corrected chi connectivity index (χ2v) is 6.38. The number of hydrogen-bond donors (Lipinski definition) is 6. The molecule has 0 aliphatic carbocycles. The van der Waals surface area contributed by atoms with Crippen molar-refractivity contribution in [1.82, 2.24) is 14.9 Å². The van der Waals surface area contributed by atoms with E-state index in [-0.39, 0.29) is 24.9 Å². The van der Waals surface area contributed by atoms with E-state index >= 15 is 0 Å².